The van der Waals surface area contributed by atoms with E-state index in [1.807, 2.05) is 13.8 Å². The van der Waals surface area contributed by atoms with Crippen molar-refractivity contribution in [2.24, 2.45) is 0 Å². The van der Waals surface area contributed by atoms with E-state index in [2.05, 4.69) is 15.7 Å². The fourth-order valence-electron chi connectivity index (χ4n) is 1.82. The van der Waals surface area contributed by atoms with Gasteiger partial charge in [0.1, 0.15) is 5.82 Å². The normalized spacial score (nSPS) is 16.8. The quantitative estimate of drug-likeness (QED) is 0.774. The highest BCUT2D eigenvalue weighted by molar-refractivity contribution is 5.15. The second kappa shape index (κ2) is 3.39. The third kappa shape index (κ3) is 1.57. The van der Waals surface area contributed by atoms with Crippen molar-refractivity contribution in [2.45, 2.75) is 45.1 Å². The minimum Gasteiger partial charge on any atom is -0.395 e. The Morgan fingerprint density at radius 2 is 2.29 bits per heavy atom. The van der Waals surface area contributed by atoms with Crippen LogP contribution in [-0.2, 0) is 18.4 Å². The molecule has 0 amide bonds. The first-order chi connectivity index (χ1) is 6.63. The molecule has 1 N–H and O–H groups in total. The molecule has 1 aliphatic heterocycles. The number of imidazole rings is 1. The van der Waals surface area contributed by atoms with Crippen molar-refractivity contribution in [2.75, 3.05) is 6.61 Å². The number of hydrogen-bond donors (Lipinski definition) is 1. The molecule has 0 aromatic carbocycles. The highest BCUT2D eigenvalue weighted by Gasteiger charge is 2.24. The van der Waals surface area contributed by atoms with Gasteiger partial charge in [-0.15, -0.1) is 0 Å². The van der Waals surface area contributed by atoms with Crippen molar-refractivity contribution >= 4 is 0 Å². The van der Waals surface area contributed by atoms with Gasteiger partial charge in [0.15, 0.2) is 0 Å². The smallest absolute Gasteiger partial charge is 0.108 e. The number of rotatable bonds is 2. The fraction of sp³-hybridized carbons (Fsp3) is 0.727. The van der Waals surface area contributed by atoms with Gasteiger partial charge in [-0.1, -0.05) is 13.8 Å². The Bertz CT molecular complexity index is 305. The van der Waals surface area contributed by atoms with E-state index in [4.69, 9.17) is 0 Å². The summed E-state index contributed by atoms with van der Waals surface area (Å²) >= 11 is 0. The summed E-state index contributed by atoms with van der Waals surface area (Å²) in [6.45, 7) is 5.30. The molecule has 0 bridgehead atoms. The van der Waals surface area contributed by atoms with Crippen LogP contribution in [0.25, 0.3) is 0 Å². The van der Waals surface area contributed by atoms with Crippen molar-refractivity contribution in [1.82, 2.24) is 9.55 Å². The number of aliphatic hydroxyl groups is 1. The lowest BCUT2D eigenvalue weighted by molar-refractivity contribution is 0.215. The number of aliphatic hydroxyl groups excluding tert-OH is 1. The predicted octanol–water partition coefficient (Wildman–Crippen LogP) is 1.49. The molecular weight excluding hydrogens is 176 g/mol. The summed E-state index contributed by atoms with van der Waals surface area (Å²) in [6, 6.07) is 0. The first-order valence-electron chi connectivity index (χ1n) is 5.31. The monoisotopic (exact) mass is 194 g/mol. The largest absolute Gasteiger partial charge is 0.395 e. The van der Waals surface area contributed by atoms with Crippen LogP contribution in [0.3, 0.4) is 0 Å². The molecule has 2 heterocycles. The van der Waals surface area contributed by atoms with E-state index in [1.54, 1.807) is 0 Å². The minimum atomic E-state index is -0.204. The Morgan fingerprint density at radius 1 is 1.50 bits per heavy atom. The molecule has 3 nitrogen and oxygen atoms in total. The summed E-state index contributed by atoms with van der Waals surface area (Å²) in [4.78, 5) is 4.60. The van der Waals surface area contributed by atoms with Crippen molar-refractivity contribution < 1.29 is 5.11 Å². The van der Waals surface area contributed by atoms with Crippen LogP contribution in [0.15, 0.2) is 6.20 Å². The number of aromatic nitrogens is 2. The van der Waals surface area contributed by atoms with Gasteiger partial charge in [0, 0.05) is 24.6 Å². The average Bonchev–Trinajstić information content (AvgIpc) is 2.61. The van der Waals surface area contributed by atoms with Gasteiger partial charge in [-0.3, -0.25) is 0 Å². The van der Waals surface area contributed by atoms with E-state index >= 15 is 0 Å². The lowest BCUT2D eigenvalue weighted by Crippen LogP contribution is -2.22. The molecule has 0 atom stereocenters. The van der Waals surface area contributed by atoms with Crippen LogP contribution in [0.4, 0.5) is 0 Å². The maximum absolute atomic E-state index is 9.26. The van der Waals surface area contributed by atoms with Gasteiger partial charge in [0.2, 0.25) is 0 Å². The van der Waals surface area contributed by atoms with E-state index in [0.717, 1.165) is 18.7 Å². The summed E-state index contributed by atoms with van der Waals surface area (Å²) in [5.41, 5.74) is 0.821. The average molecular weight is 194 g/mol. The Morgan fingerprint density at radius 3 is 2.93 bits per heavy atom. The summed E-state index contributed by atoms with van der Waals surface area (Å²) < 4.78 is 2.23. The third-order valence-electron chi connectivity index (χ3n) is 3.00. The van der Waals surface area contributed by atoms with E-state index < -0.39 is 0 Å². The molecule has 0 unspecified atom stereocenters. The van der Waals surface area contributed by atoms with Crippen molar-refractivity contribution in [3.63, 3.8) is 0 Å². The van der Waals surface area contributed by atoms with Gasteiger partial charge in [0.05, 0.1) is 12.3 Å². The van der Waals surface area contributed by atoms with Crippen LogP contribution in [0.5, 0.6) is 0 Å². The lowest BCUT2D eigenvalue weighted by Gasteiger charge is -2.18. The van der Waals surface area contributed by atoms with Gasteiger partial charge >= 0.3 is 0 Å². The molecular formula is C11H18N2O. The first-order valence-corrected chi connectivity index (χ1v) is 5.31. The highest BCUT2D eigenvalue weighted by Crippen LogP contribution is 2.24. The SMILES string of the molecule is CC(C)(CO)c1cn2c(n1)CCCC2. The summed E-state index contributed by atoms with van der Waals surface area (Å²) in [7, 11) is 0. The second-order valence-electron chi connectivity index (χ2n) is 4.73. The zero-order chi connectivity index (χ0) is 10.2. The van der Waals surface area contributed by atoms with Gasteiger partial charge in [-0.2, -0.15) is 0 Å². The number of aryl methyl sites for hydroxylation is 2. The Kier molecular flexibility index (Phi) is 2.35. The summed E-state index contributed by atoms with van der Waals surface area (Å²) in [6.07, 6.45) is 5.69. The highest BCUT2D eigenvalue weighted by atomic mass is 16.3. The molecule has 0 fully saturated rings. The Labute approximate surface area is 84.8 Å². The molecule has 1 aromatic heterocycles. The molecule has 2 rings (SSSR count). The molecule has 0 aliphatic carbocycles. The third-order valence-corrected chi connectivity index (χ3v) is 3.00. The van der Waals surface area contributed by atoms with Crippen LogP contribution >= 0.6 is 0 Å². The van der Waals surface area contributed by atoms with Crippen LogP contribution in [-0.4, -0.2) is 21.3 Å². The second-order valence-corrected chi connectivity index (χ2v) is 4.73. The van der Waals surface area contributed by atoms with Gasteiger partial charge in [0.25, 0.3) is 0 Å². The van der Waals surface area contributed by atoms with E-state index in [0.29, 0.717) is 0 Å². The lowest BCUT2D eigenvalue weighted by atomic mass is 9.91. The van der Waals surface area contributed by atoms with Crippen LogP contribution in [0.2, 0.25) is 0 Å². The minimum absolute atomic E-state index is 0.156. The Hall–Kier alpha value is -0.830. The molecule has 0 radical (unpaired) electrons. The van der Waals surface area contributed by atoms with Gasteiger partial charge in [-0.05, 0) is 12.8 Å². The maximum Gasteiger partial charge on any atom is 0.108 e. The topological polar surface area (TPSA) is 38.0 Å². The summed E-state index contributed by atoms with van der Waals surface area (Å²) in [5.74, 6) is 1.19. The molecule has 0 saturated heterocycles. The molecule has 1 aliphatic rings. The van der Waals surface area contributed by atoms with E-state index in [-0.39, 0.29) is 12.0 Å². The summed E-state index contributed by atoms with van der Waals surface area (Å²) in [5, 5.41) is 9.26. The Balaban J connectivity index is 2.32. The van der Waals surface area contributed by atoms with E-state index in [1.165, 1.54) is 18.7 Å². The maximum atomic E-state index is 9.26. The molecule has 14 heavy (non-hydrogen) atoms. The van der Waals surface area contributed by atoms with Crippen molar-refractivity contribution in [1.29, 1.82) is 0 Å². The van der Waals surface area contributed by atoms with Crippen LogP contribution in [0.1, 0.15) is 38.2 Å². The van der Waals surface area contributed by atoms with Gasteiger partial charge in [-0.25, -0.2) is 4.98 Å². The van der Waals surface area contributed by atoms with Crippen molar-refractivity contribution in [3.05, 3.63) is 17.7 Å². The molecule has 0 saturated carbocycles. The zero-order valence-electron chi connectivity index (χ0n) is 8.95. The van der Waals surface area contributed by atoms with E-state index in [9.17, 15) is 5.11 Å². The fourth-order valence-corrected chi connectivity index (χ4v) is 1.82. The molecule has 3 heteroatoms. The number of fused-ring (bicyclic) bond motifs is 1. The zero-order valence-corrected chi connectivity index (χ0v) is 8.95. The van der Waals surface area contributed by atoms with Crippen molar-refractivity contribution in [3.8, 4) is 0 Å². The van der Waals surface area contributed by atoms with Gasteiger partial charge < -0.3 is 9.67 Å². The number of nitrogens with zero attached hydrogens (tertiary/aromatic N) is 2. The number of hydrogen-bond acceptors (Lipinski definition) is 2. The molecule has 0 spiro atoms. The predicted molar refractivity (Wildman–Crippen MR) is 55.3 cm³/mol. The first kappa shape index (κ1) is 9.71. The standard InChI is InChI=1S/C11H18N2O/c1-11(2,8-14)9-7-13-6-4-3-5-10(13)12-9/h7,14H,3-6,8H2,1-2H3. The van der Waals surface area contributed by atoms with Crippen LogP contribution in [0, 0.1) is 0 Å². The molecule has 78 valence electrons. The van der Waals surface area contributed by atoms with Crippen LogP contribution < -0.4 is 0 Å². The molecule has 1 aromatic rings.